The number of amides is 1. The summed E-state index contributed by atoms with van der Waals surface area (Å²) in [6.45, 7) is 1.31. The molecule has 3 aromatic rings. The molecule has 0 aromatic heterocycles. The minimum atomic E-state index is -3.82. The Hall–Kier alpha value is -3.59. The quantitative estimate of drug-likeness (QED) is 0.549. The maximum atomic E-state index is 13.6. The second-order valence-electron chi connectivity index (χ2n) is 6.58. The molecule has 0 aliphatic carbocycles. The summed E-state index contributed by atoms with van der Waals surface area (Å²) in [5.74, 6) is -0.139. The van der Waals surface area contributed by atoms with Gasteiger partial charge in [-0.2, -0.15) is 0 Å². The lowest BCUT2D eigenvalue weighted by Gasteiger charge is -2.13. The fourth-order valence-electron chi connectivity index (χ4n) is 2.72. The van der Waals surface area contributed by atoms with E-state index in [-0.39, 0.29) is 17.2 Å². The van der Waals surface area contributed by atoms with Gasteiger partial charge in [0.25, 0.3) is 15.9 Å². The SMILES string of the molecule is COc1ccc(NS(=O)(=O)c2ccc(OCC(=O)Nc3ccccc3F)c(C)c2)cc1. The van der Waals surface area contributed by atoms with Crippen molar-refractivity contribution in [2.45, 2.75) is 11.8 Å². The Morgan fingerprint density at radius 2 is 1.74 bits per heavy atom. The molecule has 1 amide bonds. The predicted molar refractivity (Wildman–Crippen MR) is 116 cm³/mol. The Morgan fingerprint density at radius 3 is 2.39 bits per heavy atom. The van der Waals surface area contributed by atoms with E-state index in [1.54, 1.807) is 37.3 Å². The van der Waals surface area contributed by atoms with Crippen molar-refractivity contribution >= 4 is 27.3 Å². The maximum absolute atomic E-state index is 13.6. The Bertz CT molecular complexity index is 1180. The van der Waals surface area contributed by atoms with Gasteiger partial charge in [0, 0.05) is 5.69 Å². The fraction of sp³-hybridized carbons (Fsp3) is 0.136. The number of methoxy groups -OCH3 is 1. The molecule has 0 aliphatic heterocycles. The highest BCUT2D eigenvalue weighted by Gasteiger charge is 2.16. The van der Waals surface area contributed by atoms with Gasteiger partial charge in [0.1, 0.15) is 17.3 Å². The molecule has 0 saturated carbocycles. The van der Waals surface area contributed by atoms with Crippen molar-refractivity contribution in [1.29, 1.82) is 0 Å². The van der Waals surface area contributed by atoms with E-state index in [1.807, 2.05) is 0 Å². The van der Waals surface area contributed by atoms with Crippen LogP contribution < -0.4 is 19.5 Å². The molecule has 0 heterocycles. The molecule has 9 heteroatoms. The van der Waals surface area contributed by atoms with Gasteiger partial charge in [0.05, 0.1) is 17.7 Å². The van der Waals surface area contributed by atoms with Gasteiger partial charge in [-0.3, -0.25) is 9.52 Å². The van der Waals surface area contributed by atoms with Crippen molar-refractivity contribution in [3.05, 3.63) is 78.1 Å². The van der Waals surface area contributed by atoms with E-state index < -0.39 is 21.7 Å². The van der Waals surface area contributed by atoms with Crippen LogP contribution in [0.15, 0.2) is 71.6 Å². The second-order valence-corrected chi connectivity index (χ2v) is 8.26. The topological polar surface area (TPSA) is 93.7 Å². The first-order chi connectivity index (χ1) is 14.8. The average Bonchev–Trinajstić information content (AvgIpc) is 2.75. The van der Waals surface area contributed by atoms with E-state index >= 15 is 0 Å². The maximum Gasteiger partial charge on any atom is 0.262 e. The largest absolute Gasteiger partial charge is 0.497 e. The van der Waals surface area contributed by atoms with E-state index in [0.717, 1.165) is 0 Å². The Labute approximate surface area is 179 Å². The molecule has 0 unspecified atom stereocenters. The Morgan fingerprint density at radius 1 is 1.03 bits per heavy atom. The van der Waals surface area contributed by atoms with Crippen LogP contribution in [0, 0.1) is 12.7 Å². The highest BCUT2D eigenvalue weighted by atomic mass is 32.2. The molecular weight excluding hydrogens is 423 g/mol. The monoisotopic (exact) mass is 444 g/mol. The molecule has 3 rings (SSSR count). The average molecular weight is 444 g/mol. The predicted octanol–water partition coefficient (Wildman–Crippen LogP) is 3.96. The van der Waals surface area contributed by atoms with Crippen LogP contribution in [0.1, 0.15) is 5.56 Å². The van der Waals surface area contributed by atoms with Crippen molar-refractivity contribution in [1.82, 2.24) is 0 Å². The van der Waals surface area contributed by atoms with E-state index in [1.165, 1.54) is 43.5 Å². The van der Waals surface area contributed by atoms with Crippen molar-refractivity contribution in [2.75, 3.05) is 23.8 Å². The van der Waals surface area contributed by atoms with Gasteiger partial charge in [0.2, 0.25) is 0 Å². The number of aryl methyl sites for hydroxylation is 1. The van der Waals surface area contributed by atoms with Gasteiger partial charge < -0.3 is 14.8 Å². The fourth-order valence-corrected chi connectivity index (χ4v) is 3.86. The minimum Gasteiger partial charge on any atom is -0.497 e. The third kappa shape index (κ3) is 5.73. The zero-order chi connectivity index (χ0) is 22.4. The zero-order valence-corrected chi connectivity index (χ0v) is 17.7. The third-order valence-electron chi connectivity index (χ3n) is 4.31. The highest BCUT2D eigenvalue weighted by molar-refractivity contribution is 7.92. The summed E-state index contributed by atoms with van der Waals surface area (Å²) < 4.78 is 51.9. The smallest absolute Gasteiger partial charge is 0.262 e. The summed E-state index contributed by atoms with van der Waals surface area (Å²) in [5.41, 5.74) is 0.971. The van der Waals surface area contributed by atoms with Crippen LogP contribution in [-0.4, -0.2) is 28.0 Å². The van der Waals surface area contributed by atoms with Crippen LogP contribution in [0.4, 0.5) is 15.8 Å². The molecule has 0 aliphatic rings. The van der Waals surface area contributed by atoms with Crippen LogP contribution in [0.5, 0.6) is 11.5 Å². The number of para-hydroxylation sites is 1. The number of carbonyl (C=O) groups is 1. The third-order valence-corrected chi connectivity index (χ3v) is 5.68. The van der Waals surface area contributed by atoms with Gasteiger partial charge >= 0.3 is 0 Å². The molecule has 0 fully saturated rings. The molecule has 0 radical (unpaired) electrons. The Balaban J connectivity index is 1.64. The molecule has 31 heavy (non-hydrogen) atoms. The lowest BCUT2D eigenvalue weighted by Crippen LogP contribution is -2.21. The van der Waals surface area contributed by atoms with Gasteiger partial charge in [-0.05, 0) is 67.1 Å². The standard InChI is InChI=1S/C22H21FN2O5S/c1-15-13-18(31(27,28)25-16-7-9-17(29-2)10-8-16)11-12-21(15)30-14-22(26)24-20-6-4-3-5-19(20)23/h3-13,25H,14H2,1-2H3,(H,24,26). The first-order valence-electron chi connectivity index (χ1n) is 9.23. The van der Waals surface area contributed by atoms with E-state index in [0.29, 0.717) is 22.7 Å². The normalized spacial score (nSPS) is 10.9. The van der Waals surface area contributed by atoms with Gasteiger partial charge in [-0.15, -0.1) is 0 Å². The summed E-state index contributed by atoms with van der Waals surface area (Å²) in [6, 6.07) is 16.6. The Kier molecular flexibility index (Phi) is 6.76. The van der Waals surface area contributed by atoms with Crippen LogP contribution in [0.3, 0.4) is 0 Å². The number of benzene rings is 3. The summed E-state index contributed by atoms with van der Waals surface area (Å²) in [7, 11) is -2.29. The molecular formula is C22H21FN2O5S. The van der Waals surface area contributed by atoms with Crippen LogP contribution in [-0.2, 0) is 14.8 Å². The number of nitrogens with one attached hydrogen (secondary N) is 2. The number of hydrogen-bond donors (Lipinski definition) is 2. The molecule has 0 bridgehead atoms. The van der Waals surface area contributed by atoms with Gasteiger partial charge in [0.15, 0.2) is 6.61 Å². The number of halogens is 1. The van der Waals surface area contributed by atoms with Crippen molar-refractivity contribution < 1.29 is 27.1 Å². The number of hydrogen-bond acceptors (Lipinski definition) is 5. The number of carbonyl (C=O) groups excluding carboxylic acids is 1. The minimum absolute atomic E-state index is 0.0453. The van der Waals surface area contributed by atoms with E-state index in [4.69, 9.17) is 9.47 Å². The lowest BCUT2D eigenvalue weighted by molar-refractivity contribution is -0.118. The van der Waals surface area contributed by atoms with E-state index in [2.05, 4.69) is 10.0 Å². The molecule has 3 aromatic carbocycles. The van der Waals surface area contributed by atoms with Gasteiger partial charge in [-0.1, -0.05) is 12.1 Å². The molecule has 0 atom stereocenters. The number of sulfonamides is 1. The summed E-state index contributed by atoms with van der Waals surface area (Å²) in [5, 5.41) is 2.42. The van der Waals surface area contributed by atoms with Crippen molar-refractivity contribution in [3.63, 3.8) is 0 Å². The molecule has 2 N–H and O–H groups in total. The van der Waals surface area contributed by atoms with Crippen LogP contribution in [0.25, 0.3) is 0 Å². The van der Waals surface area contributed by atoms with Crippen LogP contribution >= 0.6 is 0 Å². The highest BCUT2D eigenvalue weighted by Crippen LogP contribution is 2.24. The second kappa shape index (κ2) is 9.48. The molecule has 7 nitrogen and oxygen atoms in total. The van der Waals surface area contributed by atoms with Crippen LogP contribution in [0.2, 0.25) is 0 Å². The summed E-state index contributed by atoms with van der Waals surface area (Å²) in [4.78, 5) is 12.1. The number of anilines is 2. The molecule has 0 saturated heterocycles. The zero-order valence-electron chi connectivity index (χ0n) is 16.9. The number of ether oxygens (including phenoxy) is 2. The number of rotatable bonds is 8. The first-order valence-corrected chi connectivity index (χ1v) is 10.7. The molecule has 0 spiro atoms. The first kappa shape index (κ1) is 22.1. The van der Waals surface area contributed by atoms with E-state index in [9.17, 15) is 17.6 Å². The molecule has 162 valence electrons. The van der Waals surface area contributed by atoms with Gasteiger partial charge in [-0.25, -0.2) is 12.8 Å². The lowest BCUT2D eigenvalue weighted by atomic mass is 10.2. The van der Waals surface area contributed by atoms with Crippen molar-refractivity contribution in [2.24, 2.45) is 0 Å². The summed E-state index contributed by atoms with van der Waals surface area (Å²) >= 11 is 0. The summed E-state index contributed by atoms with van der Waals surface area (Å²) in [6.07, 6.45) is 0. The van der Waals surface area contributed by atoms with Crippen molar-refractivity contribution in [3.8, 4) is 11.5 Å².